The summed E-state index contributed by atoms with van der Waals surface area (Å²) in [5.74, 6) is 3.41. The Labute approximate surface area is 181 Å². The second kappa shape index (κ2) is 7.93. The number of benzene rings is 1. The summed E-state index contributed by atoms with van der Waals surface area (Å²) < 4.78 is 9.75. The fourth-order valence-corrected chi connectivity index (χ4v) is 6.04. The highest BCUT2D eigenvalue weighted by atomic mass is 32.1. The Kier molecular flexibility index (Phi) is 4.96. The standard InChI is InChI=1S/C23H29N5OS/c1-2-7-20-19(6-1)24-22(30-20)17-10-12-27(13-11-17)23-26-25-21(16-8-9-16)28(23)15-18-5-3-4-14-29-18/h1-2,6-7,16-18H,3-5,8-15H2. The van der Waals surface area contributed by atoms with Crippen LogP contribution in [0.4, 0.5) is 5.95 Å². The molecule has 1 saturated carbocycles. The predicted molar refractivity (Wildman–Crippen MR) is 119 cm³/mol. The third-order valence-electron chi connectivity index (χ3n) is 6.80. The molecule has 0 N–H and O–H groups in total. The number of para-hydroxylation sites is 1. The van der Waals surface area contributed by atoms with Crippen LogP contribution in [0.5, 0.6) is 0 Å². The van der Waals surface area contributed by atoms with E-state index in [4.69, 9.17) is 9.72 Å². The van der Waals surface area contributed by atoms with Crippen LogP contribution in [0.3, 0.4) is 0 Å². The number of hydrogen-bond donors (Lipinski definition) is 0. The predicted octanol–water partition coefficient (Wildman–Crippen LogP) is 4.72. The number of rotatable bonds is 5. The Morgan fingerprint density at radius 1 is 0.967 bits per heavy atom. The Morgan fingerprint density at radius 3 is 2.60 bits per heavy atom. The molecule has 4 heterocycles. The van der Waals surface area contributed by atoms with Gasteiger partial charge in [-0.25, -0.2) is 4.98 Å². The van der Waals surface area contributed by atoms with Crippen molar-refractivity contribution in [1.82, 2.24) is 19.7 Å². The minimum atomic E-state index is 0.311. The fraction of sp³-hybridized carbons (Fsp3) is 0.609. The number of fused-ring (bicyclic) bond motifs is 1. The van der Waals surface area contributed by atoms with Crippen LogP contribution >= 0.6 is 11.3 Å². The molecule has 1 atom stereocenters. The molecule has 3 aliphatic rings. The van der Waals surface area contributed by atoms with Crippen molar-refractivity contribution < 1.29 is 4.74 Å². The monoisotopic (exact) mass is 423 g/mol. The van der Waals surface area contributed by atoms with Crippen LogP contribution in [0.15, 0.2) is 24.3 Å². The van der Waals surface area contributed by atoms with Gasteiger partial charge in [0.05, 0.1) is 27.9 Å². The average Bonchev–Trinajstić information content (AvgIpc) is 3.41. The maximum Gasteiger partial charge on any atom is 0.227 e. The van der Waals surface area contributed by atoms with Gasteiger partial charge in [-0.15, -0.1) is 21.5 Å². The number of aromatic nitrogens is 4. The second-order valence-electron chi connectivity index (χ2n) is 9.01. The van der Waals surface area contributed by atoms with E-state index in [0.717, 1.165) is 57.0 Å². The lowest BCUT2D eigenvalue weighted by Crippen LogP contribution is -2.36. The first-order chi connectivity index (χ1) is 14.8. The van der Waals surface area contributed by atoms with E-state index in [1.807, 2.05) is 11.3 Å². The Bertz CT molecular complexity index is 979. The van der Waals surface area contributed by atoms with E-state index in [-0.39, 0.29) is 0 Å². The highest BCUT2D eigenvalue weighted by Crippen LogP contribution is 2.41. The van der Waals surface area contributed by atoms with Crippen LogP contribution in [-0.4, -0.2) is 45.5 Å². The van der Waals surface area contributed by atoms with Crippen LogP contribution in [0.2, 0.25) is 0 Å². The summed E-state index contributed by atoms with van der Waals surface area (Å²) in [4.78, 5) is 7.36. The smallest absolute Gasteiger partial charge is 0.227 e. The van der Waals surface area contributed by atoms with E-state index >= 15 is 0 Å². The lowest BCUT2D eigenvalue weighted by atomic mass is 9.98. The van der Waals surface area contributed by atoms with E-state index < -0.39 is 0 Å². The maximum absolute atomic E-state index is 6.05. The maximum atomic E-state index is 6.05. The zero-order valence-corrected chi connectivity index (χ0v) is 18.2. The van der Waals surface area contributed by atoms with Gasteiger partial charge >= 0.3 is 0 Å². The van der Waals surface area contributed by atoms with Gasteiger partial charge in [-0.3, -0.25) is 4.57 Å². The Hall–Kier alpha value is -1.99. The fourth-order valence-electron chi connectivity index (χ4n) is 4.91. The van der Waals surface area contributed by atoms with Gasteiger partial charge in [0.2, 0.25) is 5.95 Å². The van der Waals surface area contributed by atoms with Gasteiger partial charge in [0, 0.05) is 31.5 Å². The summed E-state index contributed by atoms with van der Waals surface area (Å²) in [5.41, 5.74) is 1.14. The van der Waals surface area contributed by atoms with Crippen molar-refractivity contribution in [1.29, 1.82) is 0 Å². The molecule has 0 radical (unpaired) electrons. The van der Waals surface area contributed by atoms with Gasteiger partial charge < -0.3 is 9.64 Å². The van der Waals surface area contributed by atoms with Crippen molar-refractivity contribution in [2.45, 2.75) is 69.4 Å². The van der Waals surface area contributed by atoms with Crippen LogP contribution in [0, 0.1) is 0 Å². The third kappa shape index (κ3) is 3.62. The van der Waals surface area contributed by atoms with E-state index in [9.17, 15) is 0 Å². The number of hydrogen-bond acceptors (Lipinski definition) is 6. The summed E-state index contributed by atoms with van der Waals surface area (Å²) in [6.07, 6.45) is 8.70. The first-order valence-electron chi connectivity index (χ1n) is 11.5. The highest BCUT2D eigenvalue weighted by molar-refractivity contribution is 7.18. The molecule has 1 unspecified atom stereocenters. The molecule has 7 heteroatoms. The molecular formula is C23H29N5OS. The number of anilines is 1. The van der Waals surface area contributed by atoms with Crippen LogP contribution in [-0.2, 0) is 11.3 Å². The Morgan fingerprint density at radius 2 is 1.83 bits per heavy atom. The zero-order valence-electron chi connectivity index (χ0n) is 17.4. The lowest BCUT2D eigenvalue weighted by molar-refractivity contribution is 0.00568. The summed E-state index contributed by atoms with van der Waals surface area (Å²) in [7, 11) is 0. The zero-order chi connectivity index (χ0) is 19.9. The van der Waals surface area contributed by atoms with Crippen molar-refractivity contribution in [2.75, 3.05) is 24.6 Å². The van der Waals surface area contributed by atoms with Crippen molar-refractivity contribution >= 4 is 27.5 Å². The van der Waals surface area contributed by atoms with Crippen molar-refractivity contribution in [3.63, 3.8) is 0 Å². The largest absolute Gasteiger partial charge is 0.376 e. The molecule has 1 aromatic carbocycles. The quantitative estimate of drug-likeness (QED) is 0.594. The summed E-state index contributed by atoms with van der Waals surface area (Å²) >= 11 is 1.86. The minimum absolute atomic E-state index is 0.311. The van der Waals surface area contributed by atoms with Gasteiger partial charge in [0.25, 0.3) is 0 Å². The average molecular weight is 424 g/mol. The SMILES string of the molecule is c1ccc2sc(C3CCN(c4nnc(C5CC5)n4CC4CCCCO4)CC3)nc2c1. The van der Waals surface area contributed by atoms with Crippen molar-refractivity contribution in [3.05, 3.63) is 35.1 Å². The molecule has 3 fully saturated rings. The van der Waals surface area contributed by atoms with E-state index in [1.165, 1.54) is 41.2 Å². The molecule has 6 rings (SSSR count). The molecule has 3 aromatic rings. The topological polar surface area (TPSA) is 56.1 Å². The normalized spacial score (nSPS) is 23.3. The van der Waals surface area contributed by atoms with Gasteiger partial charge in [0.15, 0.2) is 0 Å². The summed E-state index contributed by atoms with van der Waals surface area (Å²) in [6, 6.07) is 8.49. The first-order valence-corrected chi connectivity index (χ1v) is 12.3. The number of thiazole rings is 1. The molecule has 30 heavy (non-hydrogen) atoms. The van der Waals surface area contributed by atoms with Gasteiger partial charge in [-0.1, -0.05) is 12.1 Å². The van der Waals surface area contributed by atoms with Crippen molar-refractivity contribution in [3.8, 4) is 0 Å². The lowest BCUT2D eigenvalue weighted by Gasteiger charge is -2.33. The highest BCUT2D eigenvalue weighted by Gasteiger charge is 2.34. The molecule has 0 spiro atoms. The number of ether oxygens (including phenoxy) is 1. The molecule has 2 saturated heterocycles. The minimum Gasteiger partial charge on any atom is -0.376 e. The van der Waals surface area contributed by atoms with Gasteiger partial charge in [-0.2, -0.15) is 0 Å². The summed E-state index contributed by atoms with van der Waals surface area (Å²) in [6.45, 7) is 3.85. The van der Waals surface area contributed by atoms with Crippen LogP contribution in [0.25, 0.3) is 10.2 Å². The van der Waals surface area contributed by atoms with Crippen molar-refractivity contribution in [2.24, 2.45) is 0 Å². The van der Waals surface area contributed by atoms with E-state index in [2.05, 4.69) is 43.9 Å². The molecule has 0 amide bonds. The molecule has 6 nitrogen and oxygen atoms in total. The van der Waals surface area contributed by atoms with E-state index in [0.29, 0.717) is 17.9 Å². The first kappa shape index (κ1) is 18.8. The van der Waals surface area contributed by atoms with Gasteiger partial charge in [0.1, 0.15) is 5.82 Å². The second-order valence-corrected chi connectivity index (χ2v) is 10.1. The van der Waals surface area contributed by atoms with E-state index in [1.54, 1.807) is 0 Å². The Balaban J connectivity index is 1.19. The molecular weight excluding hydrogens is 394 g/mol. The third-order valence-corrected chi connectivity index (χ3v) is 8.00. The molecule has 2 aromatic heterocycles. The van der Waals surface area contributed by atoms with Gasteiger partial charge in [-0.05, 0) is 57.1 Å². The molecule has 158 valence electrons. The molecule has 1 aliphatic carbocycles. The molecule has 0 bridgehead atoms. The number of nitrogens with zero attached hydrogens (tertiary/aromatic N) is 5. The number of piperidine rings is 1. The van der Waals surface area contributed by atoms with Crippen LogP contribution < -0.4 is 4.90 Å². The van der Waals surface area contributed by atoms with Crippen LogP contribution in [0.1, 0.15) is 67.6 Å². The summed E-state index contributed by atoms with van der Waals surface area (Å²) in [5, 5.41) is 10.6. The molecule has 2 aliphatic heterocycles.